The molecule has 1 atom stereocenters. The highest BCUT2D eigenvalue weighted by Gasteiger charge is 2.10. The van der Waals surface area contributed by atoms with Crippen LogP contribution in [0.4, 0.5) is 0 Å². The van der Waals surface area contributed by atoms with Crippen molar-refractivity contribution in [1.82, 2.24) is 4.90 Å². The van der Waals surface area contributed by atoms with Crippen LogP contribution in [0, 0.1) is 0 Å². The minimum Gasteiger partial charge on any atom is -0.306 e. The van der Waals surface area contributed by atoms with Gasteiger partial charge in [-0.1, -0.05) is 115 Å². The van der Waals surface area contributed by atoms with Crippen LogP contribution in [0.15, 0.2) is 24.3 Å². The van der Waals surface area contributed by atoms with Crippen LogP contribution in [0.3, 0.4) is 0 Å². The molecule has 1 heteroatoms. The number of allylic oxidation sites excluding steroid dienone is 4. The molecule has 0 heterocycles. The van der Waals surface area contributed by atoms with Crippen LogP contribution < -0.4 is 0 Å². The smallest absolute Gasteiger partial charge is 0.00891 e. The molecular weight excluding hydrogens is 350 g/mol. The highest BCUT2D eigenvalue weighted by Crippen LogP contribution is 2.16. The molecule has 0 aliphatic carbocycles. The van der Waals surface area contributed by atoms with E-state index in [9.17, 15) is 0 Å². The van der Waals surface area contributed by atoms with Gasteiger partial charge in [0.15, 0.2) is 0 Å². The Kier molecular flexibility index (Phi) is 23.3. The summed E-state index contributed by atoms with van der Waals surface area (Å²) in [6.07, 6.45) is 35.5. The summed E-state index contributed by atoms with van der Waals surface area (Å²) in [6.45, 7) is 4.58. The Balaban J connectivity index is 3.38. The predicted molar refractivity (Wildman–Crippen MR) is 135 cm³/mol. The molecule has 0 radical (unpaired) electrons. The number of hydrogen-bond acceptors (Lipinski definition) is 1. The quantitative estimate of drug-likeness (QED) is 0.128. The lowest BCUT2D eigenvalue weighted by molar-refractivity contribution is 0.252. The second kappa shape index (κ2) is 23.7. The fourth-order valence-electron chi connectivity index (χ4n) is 4.01. The topological polar surface area (TPSA) is 3.24 Å². The normalized spacial score (nSPS) is 13.3. The molecule has 172 valence electrons. The van der Waals surface area contributed by atoms with Gasteiger partial charge < -0.3 is 4.90 Å². The van der Waals surface area contributed by atoms with E-state index in [1.165, 1.54) is 116 Å². The molecule has 0 saturated carbocycles. The summed E-state index contributed by atoms with van der Waals surface area (Å²) in [5.74, 6) is 0. The van der Waals surface area contributed by atoms with Crippen LogP contribution in [0.2, 0.25) is 0 Å². The second-order valence-electron chi connectivity index (χ2n) is 9.19. The van der Waals surface area contributed by atoms with Gasteiger partial charge in [-0.3, -0.25) is 0 Å². The summed E-state index contributed by atoms with van der Waals surface area (Å²) in [5.41, 5.74) is 0. The van der Waals surface area contributed by atoms with Gasteiger partial charge in [-0.2, -0.15) is 0 Å². The van der Waals surface area contributed by atoms with Crippen molar-refractivity contribution in [3.63, 3.8) is 0 Å². The largest absolute Gasteiger partial charge is 0.306 e. The maximum absolute atomic E-state index is 2.45. The zero-order valence-corrected chi connectivity index (χ0v) is 20.8. The van der Waals surface area contributed by atoms with E-state index in [0.29, 0.717) is 0 Å². The molecule has 0 spiro atoms. The van der Waals surface area contributed by atoms with E-state index in [1.54, 1.807) is 0 Å². The van der Waals surface area contributed by atoms with Gasteiger partial charge in [-0.05, 0) is 59.0 Å². The monoisotopic (exact) mass is 405 g/mol. The Hall–Kier alpha value is -0.560. The highest BCUT2D eigenvalue weighted by atomic mass is 15.1. The third-order valence-electron chi connectivity index (χ3n) is 6.11. The average molecular weight is 406 g/mol. The third-order valence-corrected chi connectivity index (χ3v) is 6.11. The minimum absolute atomic E-state index is 0.809. The van der Waals surface area contributed by atoms with Crippen molar-refractivity contribution < 1.29 is 0 Å². The van der Waals surface area contributed by atoms with Gasteiger partial charge >= 0.3 is 0 Å². The lowest BCUT2D eigenvalue weighted by Crippen LogP contribution is -2.27. The number of nitrogens with zero attached hydrogens (tertiary/aromatic N) is 1. The fourth-order valence-corrected chi connectivity index (χ4v) is 4.01. The Labute approximate surface area is 185 Å². The SMILES string of the molecule is CCCCCCC=CCC=CCCCCCCCCCC(CCCCC)N(C)C. The van der Waals surface area contributed by atoms with Crippen LogP contribution in [-0.2, 0) is 0 Å². The Morgan fingerprint density at radius 3 is 1.45 bits per heavy atom. The molecule has 29 heavy (non-hydrogen) atoms. The lowest BCUT2D eigenvalue weighted by atomic mass is 10.00. The van der Waals surface area contributed by atoms with E-state index >= 15 is 0 Å². The van der Waals surface area contributed by atoms with Gasteiger partial charge in [0.1, 0.15) is 0 Å². The van der Waals surface area contributed by atoms with E-state index in [4.69, 9.17) is 0 Å². The molecule has 0 N–H and O–H groups in total. The summed E-state index contributed by atoms with van der Waals surface area (Å²) in [4.78, 5) is 2.45. The van der Waals surface area contributed by atoms with Crippen LogP contribution in [0.1, 0.15) is 136 Å². The summed E-state index contributed by atoms with van der Waals surface area (Å²) < 4.78 is 0. The molecule has 0 aliphatic heterocycles. The molecule has 0 aromatic heterocycles. The molecule has 0 rings (SSSR count). The van der Waals surface area contributed by atoms with Gasteiger partial charge in [0.25, 0.3) is 0 Å². The van der Waals surface area contributed by atoms with Crippen LogP contribution in [0.25, 0.3) is 0 Å². The summed E-state index contributed by atoms with van der Waals surface area (Å²) >= 11 is 0. The number of rotatable bonds is 22. The van der Waals surface area contributed by atoms with Gasteiger partial charge in [0.2, 0.25) is 0 Å². The second-order valence-corrected chi connectivity index (χ2v) is 9.19. The Bertz CT molecular complexity index is 355. The Morgan fingerprint density at radius 1 is 0.517 bits per heavy atom. The molecule has 1 nitrogen and oxygen atoms in total. The van der Waals surface area contributed by atoms with Crippen molar-refractivity contribution in [1.29, 1.82) is 0 Å². The molecule has 0 saturated heterocycles. The van der Waals surface area contributed by atoms with Crippen LogP contribution >= 0.6 is 0 Å². The summed E-state index contributed by atoms with van der Waals surface area (Å²) in [5, 5.41) is 0. The first-order valence-corrected chi connectivity index (χ1v) is 13.2. The van der Waals surface area contributed by atoms with Gasteiger partial charge in [0.05, 0.1) is 0 Å². The zero-order valence-electron chi connectivity index (χ0n) is 20.8. The van der Waals surface area contributed by atoms with Crippen molar-refractivity contribution in [2.24, 2.45) is 0 Å². The van der Waals surface area contributed by atoms with Crippen molar-refractivity contribution >= 4 is 0 Å². The van der Waals surface area contributed by atoms with E-state index < -0.39 is 0 Å². The first kappa shape index (κ1) is 28.4. The Morgan fingerprint density at radius 2 is 0.931 bits per heavy atom. The summed E-state index contributed by atoms with van der Waals surface area (Å²) in [7, 11) is 4.52. The van der Waals surface area contributed by atoms with Crippen molar-refractivity contribution in [3.8, 4) is 0 Å². The van der Waals surface area contributed by atoms with E-state index in [2.05, 4.69) is 57.1 Å². The molecule has 0 aliphatic rings. The number of hydrogen-bond donors (Lipinski definition) is 0. The summed E-state index contributed by atoms with van der Waals surface area (Å²) in [6, 6.07) is 0.809. The zero-order chi connectivity index (χ0) is 21.4. The molecule has 0 amide bonds. The van der Waals surface area contributed by atoms with Crippen molar-refractivity contribution in [3.05, 3.63) is 24.3 Å². The van der Waals surface area contributed by atoms with E-state index in [-0.39, 0.29) is 0 Å². The minimum atomic E-state index is 0.809. The molecule has 0 aromatic carbocycles. The lowest BCUT2D eigenvalue weighted by Gasteiger charge is -2.24. The first-order valence-electron chi connectivity index (χ1n) is 13.2. The van der Waals surface area contributed by atoms with E-state index in [1.807, 2.05) is 0 Å². The van der Waals surface area contributed by atoms with Crippen LogP contribution in [0.5, 0.6) is 0 Å². The highest BCUT2D eigenvalue weighted by molar-refractivity contribution is 4.92. The van der Waals surface area contributed by atoms with Gasteiger partial charge in [-0.25, -0.2) is 0 Å². The average Bonchev–Trinajstić information content (AvgIpc) is 2.71. The number of unbranched alkanes of at least 4 members (excludes halogenated alkanes) is 13. The molecule has 0 aromatic rings. The van der Waals surface area contributed by atoms with Crippen LogP contribution in [-0.4, -0.2) is 25.0 Å². The molecular formula is C28H55N. The maximum atomic E-state index is 2.45. The van der Waals surface area contributed by atoms with Crippen molar-refractivity contribution in [2.45, 2.75) is 142 Å². The van der Waals surface area contributed by atoms with Gasteiger partial charge in [0, 0.05) is 6.04 Å². The predicted octanol–water partition coefficient (Wildman–Crippen LogP) is 9.48. The fraction of sp³-hybridized carbons (Fsp3) is 0.857. The maximum Gasteiger partial charge on any atom is 0.00891 e. The molecule has 0 fully saturated rings. The molecule has 1 unspecified atom stereocenters. The van der Waals surface area contributed by atoms with Gasteiger partial charge in [-0.15, -0.1) is 0 Å². The first-order chi connectivity index (χ1) is 14.2. The van der Waals surface area contributed by atoms with E-state index in [0.717, 1.165) is 12.5 Å². The van der Waals surface area contributed by atoms with Crippen molar-refractivity contribution in [2.75, 3.05) is 14.1 Å². The molecule has 0 bridgehead atoms. The third kappa shape index (κ3) is 22.0. The standard InChI is InChI=1S/C28H55N/c1-5-7-9-10-11-12-13-14-15-16-17-18-19-20-21-22-23-25-27-28(29(3)4)26-24-8-6-2/h12-13,15-16,28H,5-11,14,17-27H2,1-4H3.